The fraction of sp³-hybridized carbons (Fsp3) is 0.0833. The fourth-order valence-electron chi connectivity index (χ4n) is 1.70. The zero-order valence-corrected chi connectivity index (χ0v) is 11.9. The van der Waals surface area contributed by atoms with Gasteiger partial charge in [0.2, 0.25) is 0 Å². The van der Waals surface area contributed by atoms with E-state index in [0.717, 1.165) is 14.6 Å². The topological polar surface area (TPSA) is 22.0 Å². The van der Waals surface area contributed by atoms with Gasteiger partial charge in [0.05, 0.1) is 16.6 Å². The van der Waals surface area contributed by atoms with Crippen LogP contribution in [0.4, 0.5) is 0 Å². The lowest BCUT2D eigenvalue weighted by molar-refractivity contribution is 0.869. The number of rotatable bonds is 2. The van der Waals surface area contributed by atoms with Crippen molar-refractivity contribution in [2.24, 2.45) is 0 Å². The van der Waals surface area contributed by atoms with Gasteiger partial charge in [-0.2, -0.15) is 0 Å². The van der Waals surface area contributed by atoms with E-state index in [1.165, 1.54) is 16.4 Å². The minimum absolute atomic E-state index is 0.107. The molecule has 3 aromatic rings. The summed E-state index contributed by atoms with van der Waals surface area (Å²) >= 11 is 6.61. The maximum atomic E-state index is 12.1. The van der Waals surface area contributed by atoms with Crippen molar-refractivity contribution < 1.29 is 0 Å². The van der Waals surface area contributed by atoms with Gasteiger partial charge in [-0.1, -0.05) is 23.7 Å². The third kappa shape index (κ3) is 2.10. The monoisotopic (exact) mass is 325 g/mol. The van der Waals surface area contributed by atoms with Crippen LogP contribution in [0.25, 0.3) is 10.1 Å². The zero-order chi connectivity index (χ0) is 11.8. The van der Waals surface area contributed by atoms with Gasteiger partial charge in [-0.25, -0.2) is 0 Å². The Hall–Kier alpha value is -0.910. The van der Waals surface area contributed by atoms with Crippen molar-refractivity contribution in [2.45, 2.75) is 6.54 Å². The molecule has 0 saturated heterocycles. The lowest BCUT2D eigenvalue weighted by atomic mass is 10.3. The third-order valence-electron chi connectivity index (χ3n) is 2.47. The van der Waals surface area contributed by atoms with Crippen LogP contribution in [0, 0.1) is 0 Å². The average molecular weight is 326 g/mol. The number of nitrogens with zero attached hydrogens (tertiary/aromatic N) is 1. The lowest BCUT2D eigenvalue weighted by Gasteiger charge is -1.95. The van der Waals surface area contributed by atoms with E-state index < -0.39 is 0 Å². The molecule has 0 fully saturated rings. The van der Waals surface area contributed by atoms with E-state index in [4.69, 9.17) is 0 Å². The van der Waals surface area contributed by atoms with E-state index >= 15 is 0 Å². The van der Waals surface area contributed by atoms with Crippen molar-refractivity contribution in [3.8, 4) is 0 Å². The van der Waals surface area contributed by atoms with E-state index in [0.29, 0.717) is 6.54 Å². The summed E-state index contributed by atoms with van der Waals surface area (Å²) in [6.45, 7) is 0.661. The molecule has 0 atom stereocenters. The highest BCUT2D eigenvalue weighted by molar-refractivity contribution is 9.10. The molecule has 2 aromatic heterocycles. The zero-order valence-electron chi connectivity index (χ0n) is 8.72. The predicted octanol–water partition coefficient (Wildman–Crippen LogP) is 3.94. The Balaban J connectivity index is 2.06. The third-order valence-corrected chi connectivity index (χ3v) is 5.22. The Morgan fingerprint density at radius 1 is 1.29 bits per heavy atom. The Kier molecular flexibility index (Phi) is 2.90. The van der Waals surface area contributed by atoms with Crippen LogP contribution in [-0.2, 0) is 6.54 Å². The van der Waals surface area contributed by atoms with Crippen LogP contribution >= 0.6 is 38.8 Å². The summed E-state index contributed by atoms with van der Waals surface area (Å²) < 4.78 is 3.93. The Labute approximate surface area is 114 Å². The minimum atomic E-state index is 0.107. The van der Waals surface area contributed by atoms with E-state index in [1.54, 1.807) is 11.3 Å². The van der Waals surface area contributed by atoms with Crippen molar-refractivity contribution in [3.63, 3.8) is 0 Å². The number of aromatic nitrogens is 1. The first-order valence-electron chi connectivity index (χ1n) is 5.06. The number of benzene rings is 1. The first kappa shape index (κ1) is 11.2. The Morgan fingerprint density at radius 3 is 2.82 bits per heavy atom. The molecule has 86 valence electrons. The highest BCUT2D eigenvalue weighted by Crippen LogP contribution is 2.22. The van der Waals surface area contributed by atoms with Crippen LogP contribution in [0.3, 0.4) is 0 Å². The van der Waals surface area contributed by atoms with Gasteiger partial charge in [0.25, 0.3) is 5.56 Å². The number of hydrogen-bond acceptors (Lipinski definition) is 3. The van der Waals surface area contributed by atoms with Crippen LogP contribution < -0.4 is 5.56 Å². The summed E-state index contributed by atoms with van der Waals surface area (Å²) in [5.74, 6) is 0. The maximum Gasteiger partial charge on any atom is 0.268 e. The molecule has 0 amide bonds. The molecule has 3 rings (SSSR count). The second kappa shape index (κ2) is 4.40. The van der Waals surface area contributed by atoms with Crippen molar-refractivity contribution in [2.75, 3.05) is 0 Å². The first-order chi connectivity index (χ1) is 8.24. The van der Waals surface area contributed by atoms with E-state index in [1.807, 2.05) is 33.6 Å². The molecule has 0 spiro atoms. The molecule has 2 nitrogen and oxygen atoms in total. The summed E-state index contributed by atoms with van der Waals surface area (Å²) in [6.07, 6.45) is 0. The summed E-state index contributed by atoms with van der Waals surface area (Å²) in [6, 6.07) is 9.80. The van der Waals surface area contributed by atoms with Gasteiger partial charge < -0.3 is 0 Å². The molecular weight excluding hydrogens is 318 g/mol. The van der Waals surface area contributed by atoms with Crippen LogP contribution in [0.1, 0.15) is 4.88 Å². The number of hydrogen-bond donors (Lipinski definition) is 0. The summed E-state index contributed by atoms with van der Waals surface area (Å²) in [7, 11) is 0. The van der Waals surface area contributed by atoms with Gasteiger partial charge in [-0.05, 0) is 34.1 Å². The quantitative estimate of drug-likeness (QED) is 0.699. The smallest absolute Gasteiger partial charge is 0.268 e. The van der Waals surface area contributed by atoms with Gasteiger partial charge in [0.1, 0.15) is 0 Å². The van der Waals surface area contributed by atoms with Crippen LogP contribution in [-0.4, -0.2) is 3.96 Å². The second-order valence-corrected chi connectivity index (χ2v) is 6.64. The molecule has 17 heavy (non-hydrogen) atoms. The van der Waals surface area contributed by atoms with Gasteiger partial charge in [0.15, 0.2) is 0 Å². The van der Waals surface area contributed by atoms with Gasteiger partial charge in [-0.3, -0.25) is 8.75 Å². The maximum absolute atomic E-state index is 12.1. The Bertz CT molecular complexity index is 725. The van der Waals surface area contributed by atoms with Crippen molar-refractivity contribution in [1.29, 1.82) is 0 Å². The van der Waals surface area contributed by atoms with Crippen LogP contribution in [0.2, 0.25) is 0 Å². The molecule has 0 radical (unpaired) electrons. The molecule has 0 aliphatic carbocycles. The molecule has 0 aliphatic heterocycles. The molecule has 0 unspecified atom stereocenters. The molecular formula is C12H8BrNOS2. The number of fused-ring (bicyclic) bond motifs is 1. The highest BCUT2D eigenvalue weighted by Gasteiger charge is 2.07. The van der Waals surface area contributed by atoms with Gasteiger partial charge >= 0.3 is 0 Å². The van der Waals surface area contributed by atoms with Gasteiger partial charge in [-0.15, -0.1) is 11.3 Å². The van der Waals surface area contributed by atoms with Crippen LogP contribution in [0.15, 0.2) is 45.0 Å². The summed E-state index contributed by atoms with van der Waals surface area (Å²) in [5.41, 5.74) is 0.107. The van der Waals surface area contributed by atoms with E-state index in [9.17, 15) is 4.79 Å². The SMILES string of the molecule is O=c1c2ccccc2sn1Cc1cc(Br)cs1. The molecule has 0 bridgehead atoms. The van der Waals surface area contributed by atoms with Crippen molar-refractivity contribution in [3.05, 3.63) is 55.4 Å². The summed E-state index contributed by atoms with van der Waals surface area (Å²) in [4.78, 5) is 13.3. The molecule has 1 aromatic carbocycles. The first-order valence-corrected chi connectivity index (χ1v) is 7.50. The number of halogens is 1. The number of thiophene rings is 1. The van der Waals surface area contributed by atoms with E-state index in [-0.39, 0.29) is 5.56 Å². The highest BCUT2D eigenvalue weighted by atomic mass is 79.9. The standard InChI is InChI=1S/C12H8BrNOS2/c13-8-5-9(16-7-8)6-14-12(15)10-3-1-2-4-11(10)17-14/h1-5,7H,6H2. The van der Waals surface area contributed by atoms with E-state index in [2.05, 4.69) is 22.0 Å². The average Bonchev–Trinajstić information content (AvgIpc) is 2.86. The minimum Gasteiger partial charge on any atom is -0.268 e. The van der Waals surface area contributed by atoms with Crippen molar-refractivity contribution >= 4 is 48.9 Å². The molecule has 5 heteroatoms. The van der Waals surface area contributed by atoms with Crippen molar-refractivity contribution in [1.82, 2.24) is 3.96 Å². The lowest BCUT2D eigenvalue weighted by Crippen LogP contribution is -2.12. The molecule has 0 aliphatic rings. The Morgan fingerprint density at radius 2 is 2.12 bits per heavy atom. The van der Waals surface area contributed by atoms with Crippen LogP contribution in [0.5, 0.6) is 0 Å². The molecule has 0 N–H and O–H groups in total. The largest absolute Gasteiger partial charge is 0.268 e. The predicted molar refractivity (Wildman–Crippen MR) is 77.2 cm³/mol. The second-order valence-electron chi connectivity index (χ2n) is 3.66. The molecule has 2 heterocycles. The normalized spacial score (nSPS) is 11.1. The molecule has 0 saturated carbocycles. The fourth-order valence-corrected chi connectivity index (χ4v) is 4.24. The van der Waals surface area contributed by atoms with Gasteiger partial charge in [0, 0.05) is 14.7 Å². The summed E-state index contributed by atoms with van der Waals surface area (Å²) in [5, 5.41) is 2.85.